The molecule has 0 aliphatic heterocycles. The van der Waals surface area contributed by atoms with Gasteiger partial charge in [-0.3, -0.25) is 0 Å². The summed E-state index contributed by atoms with van der Waals surface area (Å²) in [6.07, 6.45) is 0. The molecule has 0 amide bonds. The number of fused-ring (bicyclic) bond motifs is 5. The van der Waals surface area contributed by atoms with Crippen molar-refractivity contribution in [3.05, 3.63) is 150 Å². The van der Waals surface area contributed by atoms with Gasteiger partial charge in [0.15, 0.2) is 23.3 Å². The topological polar surface area (TPSA) is 86.2 Å². The van der Waals surface area contributed by atoms with Crippen molar-refractivity contribution in [2.75, 3.05) is 0 Å². The van der Waals surface area contributed by atoms with Gasteiger partial charge in [-0.05, 0) is 23.8 Å². The first kappa shape index (κ1) is 30.4. The van der Waals surface area contributed by atoms with Gasteiger partial charge in [0.2, 0.25) is 0 Å². The van der Waals surface area contributed by atoms with Crippen LogP contribution in [0.5, 0.6) is 0 Å². The van der Waals surface area contributed by atoms with E-state index in [-0.39, 0.29) is 16.8 Å². The number of benzene rings is 6. The number of hydrogen-bond donors (Lipinski definition) is 0. The minimum Gasteiger partial charge on any atom is -0.247 e. The van der Waals surface area contributed by atoms with Crippen LogP contribution in [0, 0.1) is 45.9 Å². The van der Waals surface area contributed by atoms with Gasteiger partial charge in [0, 0.05) is 32.8 Å². The lowest BCUT2D eigenvalue weighted by Crippen LogP contribution is -2.04. The Morgan fingerprint density at radius 2 is 1.02 bits per heavy atom. The number of aromatic nitrogens is 3. The minimum absolute atomic E-state index is 0.194. The molecule has 236 valence electrons. The van der Waals surface area contributed by atoms with Crippen LogP contribution in [0.1, 0.15) is 11.1 Å². The molecule has 50 heavy (non-hydrogen) atoms. The fourth-order valence-electron chi connectivity index (χ4n) is 6.36. The summed E-state index contributed by atoms with van der Waals surface area (Å²) in [5.74, 6) is -6.98. The van der Waals surface area contributed by atoms with E-state index in [2.05, 4.69) is 6.07 Å². The molecule has 0 aliphatic carbocycles. The molecule has 0 N–H and O–H groups in total. The van der Waals surface area contributed by atoms with Crippen molar-refractivity contribution in [2.24, 2.45) is 0 Å². The van der Waals surface area contributed by atoms with Crippen LogP contribution in [0.2, 0.25) is 0 Å². The number of para-hydroxylation sites is 1. The van der Waals surface area contributed by atoms with Crippen molar-refractivity contribution in [1.82, 2.24) is 15.0 Å². The van der Waals surface area contributed by atoms with Crippen molar-refractivity contribution in [3.63, 3.8) is 0 Å². The third kappa shape index (κ3) is 4.72. The highest BCUT2D eigenvalue weighted by Crippen LogP contribution is 2.42. The third-order valence-corrected chi connectivity index (χ3v) is 8.62. The van der Waals surface area contributed by atoms with Gasteiger partial charge in [-0.25, -0.2) is 32.5 Å². The maximum atomic E-state index is 15.2. The average molecular weight is 658 g/mol. The fraction of sp³-hybridized carbons (Fsp3) is 0. The molecule has 2 aromatic heterocycles. The molecule has 8 aromatic rings. The molecular weight excluding hydrogens is 638 g/mol. The quantitative estimate of drug-likeness (QED) is 0.107. The van der Waals surface area contributed by atoms with E-state index >= 15 is 8.78 Å². The second-order valence-corrected chi connectivity index (χ2v) is 11.5. The van der Waals surface area contributed by atoms with E-state index in [0.717, 1.165) is 11.1 Å². The van der Waals surface area contributed by atoms with Gasteiger partial charge in [0.25, 0.3) is 0 Å². The van der Waals surface area contributed by atoms with Gasteiger partial charge in [-0.1, -0.05) is 97.1 Å². The van der Waals surface area contributed by atoms with E-state index < -0.39 is 34.4 Å². The van der Waals surface area contributed by atoms with Crippen LogP contribution in [-0.4, -0.2) is 15.0 Å². The molecule has 8 rings (SSSR count). The number of hydrogen-bond acceptors (Lipinski definition) is 5. The average Bonchev–Trinajstić information content (AvgIpc) is 3.17. The summed E-state index contributed by atoms with van der Waals surface area (Å²) in [6.45, 7) is 0. The van der Waals surface area contributed by atoms with Gasteiger partial charge in [0.05, 0.1) is 50.8 Å². The van der Waals surface area contributed by atoms with Crippen molar-refractivity contribution in [3.8, 4) is 57.0 Å². The summed E-state index contributed by atoms with van der Waals surface area (Å²) < 4.78 is 59.7. The largest absolute Gasteiger partial charge is 0.247 e. The van der Waals surface area contributed by atoms with Gasteiger partial charge in [-0.15, -0.1) is 0 Å². The smallest absolute Gasteiger partial charge is 0.180 e. The van der Waals surface area contributed by atoms with Crippen LogP contribution in [-0.2, 0) is 0 Å². The summed E-state index contributed by atoms with van der Waals surface area (Å²) in [7, 11) is 0. The Labute approximate surface area is 282 Å². The zero-order valence-corrected chi connectivity index (χ0v) is 25.7. The molecule has 9 heteroatoms. The van der Waals surface area contributed by atoms with Crippen molar-refractivity contribution < 1.29 is 17.6 Å². The first-order valence-electron chi connectivity index (χ1n) is 15.3. The molecule has 5 nitrogen and oxygen atoms in total. The fourth-order valence-corrected chi connectivity index (χ4v) is 6.36. The summed E-state index contributed by atoms with van der Waals surface area (Å²) in [6, 6.07) is 37.4. The van der Waals surface area contributed by atoms with Crippen LogP contribution in [0.15, 0.2) is 115 Å². The van der Waals surface area contributed by atoms with Gasteiger partial charge in [-0.2, -0.15) is 10.5 Å². The van der Waals surface area contributed by atoms with E-state index in [1.807, 2.05) is 72.8 Å². The number of nitrogens with zero attached hydrogens (tertiary/aromatic N) is 5. The standard InChI is InChI=1S/C41H19F4N5/c42-34-28(21-47)35(43)37(45)32(36(34)44)24-14-9-15-25(18-24)38-31-26(20-46)19-30-41(33(31)27-16-7-8-17-29(27)48-38)50-40(23-12-5-2-6-13-23)39(49-30)22-10-3-1-4-11-22/h1-19H. The first-order chi connectivity index (χ1) is 24.4. The predicted octanol–water partition coefficient (Wildman–Crippen LogP) is 10.3. The van der Waals surface area contributed by atoms with E-state index in [1.54, 1.807) is 24.3 Å². The van der Waals surface area contributed by atoms with Crippen LogP contribution >= 0.6 is 0 Å². The molecular formula is C41H19F4N5. The van der Waals surface area contributed by atoms with Gasteiger partial charge >= 0.3 is 0 Å². The molecule has 0 aliphatic rings. The second-order valence-electron chi connectivity index (χ2n) is 11.5. The molecule has 0 fully saturated rings. The maximum absolute atomic E-state index is 15.2. The molecule has 0 bridgehead atoms. The summed E-state index contributed by atoms with van der Waals surface area (Å²) in [4.78, 5) is 15.2. The summed E-state index contributed by atoms with van der Waals surface area (Å²) in [5.41, 5.74) is 2.74. The number of pyridine rings is 1. The third-order valence-electron chi connectivity index (χ3n) is 8.62. The van der Waals surface area contributed by atoms with E-state index in [9.17, 15) is 14.0 Å². The monoisotopic (exact) mass is 657 g/mol. The van der Waals surface area contributed by atoms with E-state index in [4.69, 9.17) is 20.2 Å². The molecule has 0 atom stereocenters. The predicted molar refractivity (Wildman–Crippen MR) is 183 cm³/mol. The lowest BCUT2D eigenvalue weighted by atomic mass is 9.93. The zero-order valence-electron chi connectivity index (χ0n) is 25.7. The number of rotatable bonds is 4. The minimum atomic E-state index is -1.79. The Morgan fingerprint density at radius 3 is 1.66 bits per heavy atom. The van der Waals surface area contributed by atoms with E-state index in [0.29, 0.717) is 49.7 Å². The highest BCUT2D eigenvalue weighted by Gasteiger charge is 2.27. The van der Waals surface area contributed by atoms with Crippen molar-refractivity contribution in [2.45, 2.75) is 0 Å². The highest BCUT2D eigenvalue weighted by atomic mass is 19.2. The van der Waals surface area contributed by atoms with Crippen molar-refractivity contribution in [1.29, 1.82) is 10.5 Å². The number of nitriles is 2. The molecule has 0 saturated carbocycles. The molecule has 6 aromatic carbocycles. The Morgan fingerprint density at radius 1 is 0.460 bits per heavy atom. The maximum Gasteiger partial charge on any atom is 0.180 e. The highest BCUT2D eigenvalue weighted by molar-refractivity contribution is 6.22. The summed E-state index contributed by atoms with van der Waals surface area (Å²) >= 11 is 0. The Bertz CT molecular complexity index is 2740. The molecule has 2 heterocycles. The first-order valence-corrected chi connectivity index (χ1v) is 15.3. The lowest BCUT2D eigenvalue weighted by Gasteiger charge is -2.16. The molecule has 0 spiro atoms. The Kier molecular flexibility index (Phi) is 7.24. The Balaban J connectivity index is 1.48. The van der Waals surface area contributed by atoms with Crippen molar-refractivity contribution >= 4 is 32.7 Å². The van der Waals surface area contributed by atoms with E-state index in [1.165, 1.54) is 24.3 Å². The van der Waals surface area contributed by atoms with Crippen LogP contribution in [0.25, 0.3) is 77.6 Å². The molecule has 0 unspecified atom stereocenters. The lowest BCUT2D eigenvalue weighted by molar-refractivity contribution is 0.454. The SMILES string of the molecule is N#Cc1c(F)c(F)c(-c2cccc(-c3nc4ccccc4c4c3c(C#N)cc3nc(-c5ccccc5)c(-c5ccccc5)nc34)c2)c(F)c1F. The zero-order chi connectivity index (χ0) is 34.5. The van der Waals surface area contributed by atoms with Gasteiger partial charge < -0.3 is 0 Å². The van der Waals surface area contributed by atoms with Crippen LogP contribution in [0.3, 0.4) is 0 Å². The molecule has 0 radical (unpaired) electrons. The normalized spacial score (nSPS) is 11.2. The number of halogens is 4. The van der Waals surface area contributed by atoms with Crippen LogP contribution in [0.4, 0.5) is 17.6 Å². The second kappa shape index (κ2) is 11.9. The Hall–Kier alpha value is -6.97. The summed E-state index contributed by atoms with van der Waals surface area (Å²) in [5, 5.41) is 21.3. The van der Waals surface area contributed by atoms with Gasteiger partial charge in [0.1, 0.15) is 11.6 Å². The van der Waals surface area contributed by atoms with Crippen LogP contribution < -0.4 is 0 Å². The molecule has 0 saturated heterocycles.